The van der Waals surface area contributed by atoms with Crippen LogP contribution in [0.2, 0.25) is 0 Å². The Morgan fingerprint density at radius 1 is 1.36 bits per heavy atom. The first kappa shape index (κ1) is 16.9. The zero-order valence-electron chi connectivity index (χ0n) is 15.1. The van der Waals surface area contributed by atoms with Crippen molar-refractivity contribution in [1.29, 1.82) is 0 Å². The van der Waals surface area contributed by atoms with E-state index in [-0.39, 0.29) is 12.0 Å². The molecule has 25 heavy (non-hydrogen) atoms. The van der Waals surface area contributed by atoms with E-state index >= 15 is 0 Å². The number of nitrogens with zero attached hydrogens (tertiary/aromatic N) is 2. The van der Waals surface area contributed by atoms with Gasteiger partial charge in [-0.1, -0.05) is 12.1 Å². The average molecular weight is 340 g/mol. The second kappa shape index (κ2) is 7.38. The molecule has 1 aromatic heterocycles. The van der Waals surface area contributed by atoms with Crippen molar-refractivity contribution in [1.82, 2.24) is 9.88 Å². The fourth-order valence-electron chi connectivity index (χ4n) is 4.51. The monoisotopic (exact) mass is 340 g/mol. The van der Waals surface area contributed by atoms with Crippen LogP contribution in [-0.2, 0) is 9.53 Å². The molecule has 4 nitrogen and oxygen atoms in total. The largest absolute Gasteiger partial charge is 0.374 e. The molecule has 0 aliphatic carbocycles. The number of aromatic nitrogens is 1. The van der Waals surface area contributed by atoms with E-state index in [1.165, 1.54) is 5.57 Å². The number of hydrogen-bond acceptors (Lipinski definition) is 4. The Bertz CT molecular complexity index is 670. The second-order valence-corrected chi connectivity index (χ2v) is 7.73. The minimum absolute atomic E-state index is 0.194. The van der Waals surface area contributed by atoms with Gasteiger partial charge in [0.25, 0.3) is 0 Å². The molecule has 0 N–H and O–H groups in total. The Morgan fingerprint density at radius 3 is 2.96 bits per heavy atom. The Kier molecular flexibility index (Phi) is 5.00. The van der Waals surface area contributed by atoms with Gasteiger partial charge < -0.3 is 4.74 Å². The van der Waals surface area contributed by atoms with E-state index in [0.717, 1.165) is 63.1 Å². The zero-order chi connectivity index (χ0) is 17.2. The van der Waals surface area contributed by atoms with Gasteiger partial charge in [-0.05, 0) is 63.3 Å². The van der Waals surface area contributed by atoms with Gasteiger partial charge in [-0.25, -0.2) is 0 Å². The summed E-state index contributed by atoms with van der Waals surface area (Å²) in [4.78, 5) is 19.5. The standard InChI is InChI=1S/C21H28N2O2/c1-15-4-2-5-19(22-15)16-9-12-23(13-10-16)11-3-6-20(24)18-14-17-7-8-21(18)25-17/h2,4-5,9,17-18,21H,3,6-8,10-14H2,1H3/t17-,18+,21+/m0/s1. The summed E-state index contributed by atoms with van der Waals surface area (Å²) in [6, 6.07) is 6.22. The maximum atomic E-state index is 12.4. The van der Waals surface area contributed by atoms with Crippen molar-refractivity contribution in [3.8, 4) is 0 Å². The van der Waals surface area contributed by atoms with Crippen LogP contribution in [-0.4, -0.2) is 47.5 Å². The topological polar surface area (TPSA) is 42.4 Å². The average Bonchev–Trinajstić information content (AvgIpc) is 3.26. The maximum absolute atomic E-state index is 12.4. The fraction of sp³-hybridized carbons (Fsp3) is 0.619. The number of rotatable bonds is 6. The van der Waals surface area contributed by atoms with Gasteiger partial charge in [0, 0.05) is 31.1 Å². The zero-order valence-corrected chi connectivity index (χ0v) is 15.1. The smallest absolute Gasteiger partial charge is 0.138 e. The number of Topliss-reactive ketones (excluding diaryl/α,β-unsaturated/α-hetero) is 1. The first-order chi connectivity index (χ1) is 12.2. The van der Waals surface area contributed by atoms with Crippen LogP contribution in [0.4, 0.5) is 0 Å². The minimum atomic E-state index is 0.194. The molecule has 0 radical (unpaired) electrons. The first-order valence-electron chi connectivity index (χ1n) is 9.72. The molecule has 3 aliphatic heterocycles. The Labute approximate surface area is 150 Å². The van der Waals surface area contributed by atoms with Crippen molar-refractivity contribution in [3.63, 3.8) is 0 Å². The molecule has 4 heterocycles. The van der Waals surface area contributed by atoms with Crippen LogP contribution in [0.25, 0.3) is 5.57 Å². The minimum Gasteiger partial charge on any atom is -0.374 e. The summed E-state index contributed by atoms with van der Waals surface area (Å²) in [5.41, 5.74) is 3.55. The Hall–Kier alpha value is -1.52. The van der Waals surface area contributed by atoms with Gasteiger partial charge in [0.2, 0.25) is 0 Å². The van der Waals surface area contributed by atoms with Crippen LogP contribution >= 0.6 is 0 Å². The molecular formula is C21H28N2O2. The third-order valence-electron chi connectivity index (χ3n) is 5.93. The molecule has 4 heteroatoms. The fourth-order valence-corrected chi connectivity index (χ4v) is 4.51. The first-order valence-corrected chi connectivity index (χ1v) is 9.72. The van der Waals surface area contributed by atoms with Crippen LogP contribution in [0.15, 0.2) is 24.3 Å². The Morgan fingerprint density at radius 2 is 2.28 bits per heavy atom. The van der Waals surface area contributed by atoms with Crippen LogP contribution in [0, 0.1) is 12.8 Å². The van der Waals surface area contributed by atoms with Crippen molar-refractivity contribution < 1.29 is 9.53 Å². The van der Waals surface area contributed by atoms with E-state index in [1.54, 1.807) is 0 Å². The highest BCUT2D eigenvalue weighted by atomic mass is 16.5. The van der Waals surface area contributed by atoms with E-state index < -0.39 is 0 Å². The molecule has 0 spiro atoms. The lowest BCUT2D eigenvalue weighted by Gasteiger charge is -2.26. The summed E-state index contributed by atoms with van der Waals surface area (Å²) in [7, 11) is 0. The molecule has 0 aromatic carbocycles. The molecule has 4 rings (SSSR count). The molecule has 0 unspecified atom stereocenters. The van der Waals surface area contributed by atoms with Crippen LogP contribution in [0.5, 0.6) is 0 Å². The molecular weight excluding hydrogens is 312 g/mol. The molecule has 1 aromatic rings. The second-order valence-electron chi connectivity index (χ2n) is 7.73. The predicted octanol–water partition coefficient (Wildman–Crippen LogP) is 3.40. The molecule has 2 fully saturated rings. The molecule has 2 bridgehead atoms. The summed E-state index contributed by atoms with van der Waals surface area (Å²) in [6.07, 6.45) is 8.87. The van der Waals surface area contributed by atoms with Crippen LogP contribution in [0.3, 0.4) is 0 Å². The lowest BCUT2D eigenvalue weighted by Crippen LogP contribution is -2.31. The van der Waals surface area contributed by atoms with E-state index in [1.807, 2.05) is 13.0 Å². The summed E-state index contributed by atoms with van der Waals surface area (Å²) < 4.78 is 5.82. The normalized spacial score (nSPS) is 29.0. The number of ketones is 1. The van der Waals surface area contributed by atoms with Gasteiger partial charge in [0.1, 0.15) is 5.78 Å². The van der Waals surface area contributed by atoms with Crippen molar-refractivity contribution in [2.24, 2.45) is 5.92 Å². The molecule has 3 aliphatic rings. The number of hydrogen-bond donors (Lipinski definition) is 0. The number of pyridine rings is 1. The SMILES string of the molecule is Cc1cccc(C2=CCN(CCCC(=O)[C@H]3C[C@@H]4CC[C@H]3O4)CC2)n1. The van der Waals surface area contributed by atoms with Crippen LogP contribution < -0.4 is 0 Å². The van der Waals surface area contributed by atoms with Crippen molar-refractivity contribution in [3.05, 3.63) is 35.7 Å². The summed E-state index contributed by atoms with van der Waals surface area (Å²) in [5, 5.41) is 0. The summed E-state index contributed by atoms with van der Waals surface area (Å²) in [5.74, 6) is 0.628. The highest BCUT2D eigenvalue weighted by Gasteiger charge is 2.43. The quantitative estimate of drug-likeness (QED) is 0.796. The number of carbonyl (C=O) groups is 1. The van der Waals surface area contributed by atoms with Gasteiger partial charge in [0.15, 0.2) is 0 Å². The molecule has 0 saturated carbocycles. The van der Waals surface area contributed by atoms with Gasteiger partial charge >= 0.3 is 0 Å². The summed E-state index contributed by atoms with van der Waals surface area (Å²) in [6.45, 7) is 5.08. The predicted molar refractivity (Wildman–Crippen MR) is 98.3 cm³/mol. The van der Waals surface area contributed by atoms with Gasteiger partial charge in [-0.3, -0.25) is 14.7 Å². The van der Waals surface area contributed by atoms with Crippen molar-refractivity contribution in [2.75, 3.05) is 19.6 Å². The third kappa shape index (κ3) is 3.85. The van der Waals surface area contributed by atoms with Crippen molar-refractivity contribution in [2.45, 2.75) is 57.7 Å². The van der Waals surface area contributed by atoms with E-state index in [0.29, 0.717) is 18.3 Å². The molecule has 2 saturated heterocycles. The summed E-state index contributed by atoms with van der Waals surface area (Å²) >= 11 is 0. The number of aryl methyl sites for hydroxylation is 1. The van der Waals surface area contributed by atoms with E-state index in [4.69, 9.17) is 4.74 Å². The van der Waals surface area contributed by atoms with E-state index in [2.05, 4.69) is 28.1 Å². The lowest BCUT2D eigenvalue weighted by molar-refractivity contribution is -0.124. The highest BCUT2D eigenvalue weighted by molar-refractivity contribution is 5.82. The van der Waals surface area contributed by atoms with Gasteiger partial charge in [-0.15, -0.1) is 0 Å². The third-order valence-corrected chi connectivity index (χ3v) is 5.93. The number of fused-ring (bicyclic) bond motifs is 2. The molecule has 134 valence electrons. The lowest BCUT2D eigenvalue weighted by atomic mass is 9.85. The highest BCUT2D eigenvalue weighted by Crippen LogP contribution is 2.39. The number of carbonyl (C=O) groups excluding carboxylic acids is 1. The Balaban J connectivity index is 1.22. The maximum Gasteiger partial charge on any atom is 0.138 e. The van der Waals surface area contributed by atoms with Crippen molar-refractivity contribution >= 4 is 11.4 Å². The van der Waals surface area contributed by atoms with Gasteiger partial charge in [-0.2, -0.15) is 0 Å². The molecule has 3 atom stereocenters. The number of ether oxygens (including phenoxy) is 1. The molecule has 0 amide bonds. The van der Waals surface area contributed by atoms with Gasteiger partial charge in [0.05, 0.1) is 17.9 Å². The van der Waals surface area contributed by atoms with Crippen LogP contribution in [0.1, 0.15) is 49.9 Å². The van der Waals surface area contributed by atoms with E-state index in [9.17, 15) is 4.79 Å².